The van der Waals surface area contributed by atoms with E-state index >= 15 is 0 Å². The fourth-order valence-electron chi connectivity index (χ4n) is 2.00. The van der Waals surface area contributed by atoms with Crippen LogP contribution in [0.3, 0.4) is 0 Å². The van der Waals surface area contributed by atoms with Crippen LogP contribution in [0.4, 0.5) is 5.69 Å². The molecule has 0 saturated carbocycles. The van der Waals surface area contributed by atoms with E-state index in [-0.39, 0.29) is 34.5 Å². The normalized spacial score (nSPS) is 10.4. The Hall–Kier alpha value is -2.74. The summed E-state index contributed by atoms with van der Waals surface area (Å²) >= 11 is 5.64. The van der Waals surface area contributed by atoms with Crippen molar-refractivity contribution in [2.45, 2.75) is 12.8 Å². The summed E-state index contributed by atoms with van der Waals surface area (Å²) in [6, 6.07) is 2.56. The number of nitro benzene ring substituents is 1. The van der Waals surface area contributed by atoms with Gasteiger partial charge >= 0.3 is 5.69 Å². The van der Waals surface area contributed by atoms with Crippen molar-refractivity contribution in [3.05, 3.63) is 52.4 Å². The first kappa shape index (κ1) is 17.6. The van der Waals surface area contributed by atoms with Gasteiger partial charge < -0.3 is 10.5 Å². The number of hydrogen-bond donors (Lipinski definition) is 1. The zero-order chi connectivity index (χ0) is 17.7. The van der Waals surface area contributed by atoms with E-state index in [9.17, 15) is 14.9 Å². The Morgan fingerprint density at radius 3 is 2.58 bits per heavy atom. The number of hydrogen-bond acceptors (Lipinski definition) is 6. The lowest BCUT2D eigenvalue weighted by atomic mass is 10.0. The van der Waals surface area contributed by atoms with Crippen LogP contribution in [0.15, 0.2) is 24.5 Å². The summed E-state index contributed by atoms with van der Waals surface area (Å²) in [4.78, 5) is 30.1. The Morgan fingerprint density at radius 1 is 1.38 bits per heavy atom. The largest absolute Gasteiger partial charge is 0.487 e. The zero-order valence-electron chi connectivity index (χ0n) is 12.6. The molecule has 0 bridgehead atoms. The summed E-state index contributed by atoms with van der Waals surface area (Å²) in [5.74, 6) is -0.780. The van der Waals surface area contributed by atoms with Gasteiger partial charge in [-0.25, -0.2) is 9.97 Å². The minimum Gasteiger partial charge on any atom is -0.487 e. The van der Waals surface area contributed by atoms with Crippen molar-refractivity contribution in [2.75, 3.05) is 6.61 Å². The molecule has 1 aromatic heterocycles. The van der Waals surface area contributed by atoms with E-state index in [1.54, 1.807) is 0 Å². The van der Waals surface area contributed by atoms with Crippen molar-refractivity contribution in [2.24, 2.45) is 5.73 Å². The number of halogens is 1. The molecule has 0 aliphatic carbocycles. The highest BCUT2D eigenvalue weighted by Crippen LogP contribution is 2.39. The second kappa shape index (κ2) is 7.69. The van der Waals surface area contributed by atoms with Crippen LogP contribution < -0.4 is 10.5 Å². The molecule has 125 valence electrons. The highest BCUT2D eigenvalue weighted by molar-refractivity contribution is 6.28. The molecular formula is C15H14ClN4O4. The van der Waals surface area contributed by atoms with E-state index < -0.39 is 10.8 Å². The van der Waals surface area contributed by atoms with Crippen molar-refractivity contribution >= 4 is 23.2 Å². The Labute approximate surface area is 142 Å². The fourth-order valence-corrected chi connectivity index (χ4v) is 2.10. The molecule has 2 N–H and O–H groups in total. The highest BCUT2D eigenvalue weighted by Gasteiger charge is 2.25. The van der Waals surface area contributed by atoms with Gasteiger partial charge in [0.05, 0.1) is 17.1 Å². The number of aromatic nitrogens is 2. The van der Waals surface area contributed by atoms with E-state index in [1.165, 1.54) is 24.5 Å². The molecule has 8 nitrogen and oxygen atoms in total. The second-order valence-corrected chi connectivity index (χ2v) is 5.13. The van der Waals surface area contributed by atoms with E-state index in [0.29, 0.717) is 18.4 Å². The molecule has 1 aromatic carbocycles. The summed E-state index contributed by atoms with van der Waals surface area (Å²) < 4.78 is 5.46. The Kier molecular flexibility index (Phi) is 5.64. The number of ether oxygens (including phenoxy) is 1. The van der Waals surface area contributed by atoms with Gasteiger partial charge in [-0.1, -0.05) is 13.3 Å². The quantitative estimate of drug-likeness (QED) is 0.355. The number of benzene rings is 1. The maximum absolute atomic E-state index is 11.5. The lowest BCUT2D eigenvalue weighted by Gasteiger charge is -2.11. The van der Waals surface area contributed by atoms with Crippen molar-refractivity contribution in [1.82, 2.24) is 9.97 Å². The predicted octanol–water partition coefficient (Wildman–Crippen LogP) is 2.80. The summed E-state index contributed by atoms with van der Waals surface area (Å²) in [7, 11) is 0. The SMILES string of the molecule is [CH2]CCCOc1cc(C(N)=O)cc(-c2cnc(Cl)nc2)c1[N+](=O)[O-]. The summed E-state index contributed by atoms with van der Waals surface area (Å²) in [6.07, 6.45) is 3.86. The van der Waals surface area contributed by atoms with Gasteiger partial charge in [-0.05, 0) is 24.1 Å². The standard InChI is InChI=1S/C15H14ClN4O4/c1-2-3-4-24-12-6-9(14(17)21)5-11(13(12)20(22)23)10-7-18-15(16)19-8-10/h5-8H,1-4H2,(H2,17,21). The predicted molar refractivity (Wildman–Crippen MR) is 87.7 cm³/mol. The molecule has 0 aliphatic rings. The van der Waals surface area contributed by atoms with Crippen molar-refractivity contribution in [3.8, 4) is 16.9 Å². The van der Waals surface area contributed by atoms with E-state index in [1.807, 2.05) is 0 Å². The Bertz CT molecular complexity index is 765. The van der Waals surface area contributed by atoms with E-state index in [0.717, 1.165) is 0 Å². The van der Waals surface area contributed by atoms with Gasteiger partial charge in [0, 0.05) is 29.6 Å². The van der Waals surface area contributed by atoms with Crippen LogP contribution in [0.25, 0.3) is 11.1 Å². The fraction of sp³-hybridized carbons (Fsp3) is 0.200. The molecule has 24 heavy (non-hydrogen) atoms. The lowest BCUT2D eigenvalue weighted by Crippen LogP contribution is -2.12. The molecule has 2 aromatic rings. The molecule has 9 heteroatoms. The molecule has 1 radical (unpaired) electrons. The average Bonchev–Trinajstić information content (AvgIpc) is 2.54. The molecule has 0 saturated heterocycles. The van der Waals surface area contributed by atoms with Gasteiger partial charge in [0.1, 0.15) is 0 Å². The molecular weight excluding hydrogens is 336 g/mol. The third kappa shape index (κ3) is 3.96. The molecule has 1 heterocycles. The third-order valence-electron chi connectivity index (χ3n) is 3.13. The summed E-state index contributed by atoms with van der Waals surface area (Å²) in [6.45, 7) is 3.90. The first-order valence-corrected chi connectivity index (χ1v) is 7.34. The van der Waals surface area contributed by atoms with Gasteiger partial charge in [-0.15, -0.1) is 0 Å². The Balaban J connectivity index is 2.63. The number of nitro groups is 1. The number of rotatable bonds is 7. The number of carbonyl (C=O) groups is 1. The van der Waals surface area contributed by atoms with E-state index in [4.69, 9.17) is 22.1 Å². The molecule has 0 unspecified atom stereocenters. The topological polar surface area (TPSA) is 121 Å². The smallest absolute Gasteiger partial charge is 0.318 e. The minimum atomic E-state index is -0.733. The first-order valence-electron chi connectivity index (χ1n) is 6.96. The molecule has 0 fully saturated rings. The van der Waals surface area contributed by atoms with Gasteiger partial charge in [-0.3, -0.25) is 14.9 Å². The van der Waals surface area contributed by atoms with Crippen LogP contribution in [0, 0.1) is 17.0 Å². The number of primary amides is 1. The third-order valence-corrected chi connectivity index (χ3v) is 3.32. The van der Waals surface area contributed by atoms with Crippen LogP contribution in [0.5, 0.6) is 5.75 Å². The van der Waals surface area contributed by atoms with Crippen molar-refractivity contribution in [1.29, 1.82) is 0 Å². The van der Waals surface area contributed by atoms with Crippen LogP contribution >= 0.6 is 11.6 Å². The zero-order valence-corrected chi connectivity index (χ0v) is 13.3. The number of amides is 1. The number of nitrogens with two attached hydrogens (primary N) is 1. The van der Waals surface area contributed by atoms with E-state index in [2.05, 4.69) is 16.9 Å². The van der Waals surface area contributed by atoms with Gasteiger partial charge in [0.25, 0.3) is 0 Å². The minimum absolute atomic E-state index is 0.000576. The molecule has 0 spiro atoms. The monoisotopic (exact) mass is 349 g/mol. The maximum atomic E-state index is 11.5. The van der Waals surface area contributed by atoms with Gasteiger partial charge in [0.2, 0.25) is 11.2 Å². The highest BCUT2D eigenvalue weighted by atomic mass is 35.5. The average molecular weight is 350 g/mol. The number of nitrogens with zero attached hydrogens (tertiary/aromatic N) is 3. The van der Waals surface area contributed by atoms with Crippen molar-refractivity contribution < 1.29 is 14.5 Å². The van der Waals surface area contributed by atoms with Crippen LogP contribution in [-0.4, -0.2) is 27.4 Å². The van der Waals surface area contributed by atoms with Gasteiger partial charge in [-0.2, -0.15) is 0 Å². The van der Waals surface area contributed by atoms with Gasteiger partial charge in [0.15, 0.2) is 5.75 Å². The molecule has 1 amide bonds. The Morgan fingerprint density at radius 2 is 2.04 bits per heavy atom. The van der Waals surface area contributed by atoms with Crippen LogP contribution in [-0.2, 0) is 0 Å². The first-order chi connectivity index (χ1) is 11.4. The van der Waals surface area contributed by atoms with Crippen LogP contribution in [0.2, 0.25) is 5.28 Å². The number of unbranched alkanes of at least 4 members (excludes halogenated alkanes) is 1. The molecule has 0 atom stereocenters. The van der Waals surface area contributed by atoms with Crippen LogP contribution in [0.1, 0.15) is 23.2 Å². The number of carbonyl (C=O) groups excluding carboxylic acids is 1. The summed E-state index contributed by atoms with van der Waals surface area (Å²) in [5.41, 5.74) is 5.53. The molecule has 2 rings (SSSR count). The lowest BCUT2D eigenvalue weighted by molar-refractivity contribution is -0.385. The summed E-state index contributed by atoms with van der Waals surface area (Å²) in [5, 5.41) is 11.5. The maximum Gasteiger partial charge on any atom is 0.318 e. The van der Waals surface area contributed by atoms with Crippen molar-refractivity contribution in [3.63, 3.8) is 0 Å². The second-order valence-electron chi connectivity index (χ2n) is 4.79. The molecule has 0 aliphatic heterocycles.